The zero-order chi connectivity index (χ0) is 14.0. The third kappa shape index (κ3) is 3.10. The van der Waals surface area contributed by atoms with Gasteiger partial charge in [0.15, 0.2) is 0 Å². The molecule has 0 amide bonds. The number of rotatable bonds is 3. The topological polar surface area (TPSA) is 26.7 Å². The Morgan fingerprint density at radius 1 is 1.37 bits per heavy atom. The summed E-state index contributed by atoms with van der Waals surface area (Å²) in [5, 5.41) is 10.1. The van der Waals surface area contributed by atoms with Gasteiger partial charge >= 0.3 is 0 Å². The number of phenols is 1. The van der Waals surface area contributed by atoms with Gasteiger partial charge in [-0.2, -0.15) is 0 Å². The highest BCUT2D eigenvalue weighted by atomic mass is 16.3. The molecule has 3 heteroatoms. The van der Waals surface area contributed by atoms with Crippen molar-refractivity contribution in [1.29, 1.82) is 0 Å². The second kappa shape index (κ2) is 5.93. The Morgan fingerprint density at radius 3 is 2.74 bits per heavy atom. The van der Waals surface area contributed by atoms with E-state index in [1.54, 1.807) is 0 Å². The van der Waals surface area contributed by atoms with Gasteiger partial charge in [0.25, 0.3) is 0 Å². The van der Waals surface area contributed by atoms with E-state index in [9.17, 15) is 5.11 Å². The Labute approximate surface area is 116 Å². The zero-order valence-electron chi connectivity index (χ0n) is 12.6. The maximum absolute atomic E-state index is 10.1. The summed E-state index contributed by atoms with van der Waals surface area (Å²) in [6.07, 6.45) is 0. The van der Waals surface area contributed by atoms with Crippen molar-refractivity contribution in [2.24, 2.45) is 0 Å². The van der Waals surface area contributed by atoms with Crippen molar-refractivity contribution in [2.75, 3.05) is 26.2 Å². The summed E-state index contributed by atoms with van der Waals surface area (Å²) in [5.41, 5.74) is 2.26. The van der Waals surface area contributed by atoms with E-state index in [4.69, 9.17) is 0 Å². The normalized spacial score (nSPS) is 23.5. The first-order valence-electron chi connectivity index (χ1n) is 7.30. The molecular weight excluding hydrogens is 236 g/mol. The summed E-state index contributed by atoms with van der Waals surface area (Å²) >= 11 is 0. The number of aryl methyl sites for hydroxylation is 1. The van der Waals surface area contributed by atoms with E-state index in [2.05, 4.69) is 43.6 Å². The number of hydrogen-bond acceptors (Lipinski definition) is 3. The van der Waals surface area contributed by atoms with Gasteiger partial charge in [-0.1, -0.05) is 24.6 Å². The average molecular weight is 262 g/mol. The van der Waals surface area contributed by atoms with E-state index in [0.717, 1.165) is 31.7 Å². The number of hydrogen-bond donors (Lipinski definition) is 1. The van der Waals surface area contributed by atoms with E-state index in [1.165, 1.54) is 5.56 Å². The van der Waals surface area contributed by atoms with Crippen molar-refractivity contribution in [1.82, 2.24) is 9.80 Å². The number of likely N-dealkylation sites (N-methyl/N-ethyl adjacent to an activating group) is 1. The third-order valence-corrected chi connectivity index (χ3v) is 4.38. The lowest BCUT2D eigenvalue weighted by molar-refractivity contribution is 0.0629. The number of benzene rings is 1. The van der Waals surface area contributed by atoms with Crippen LogP contribution in [0.15, 0.2) is 18.2 Å². The standard InChI is InChI=1S/C16H26N2O/c1-5-17-8-9-18(11-13(17)3)14(4)15-10-12(2)6-7-16(15)19/h6-7,10,13-14,19H,5,8-9,11H2,1-4H3. The van der Waals surface area contributed by atoms with E-state index in [-0.39, 0.29) is 6.04 Å². The first-order valence-corrected chi connectivity index (χ1v) is 7.30. The molecule has 2 atom stereocenters. The molecule has 106 valence electrons. The molecule has 1 N–H and O–H groups in total. The third-order valence-electron chi connectivity index (χ3n) is 4.38. The first-order chi connectivity index (χ1) is 9.02. The van der Waals surface area contributed by atoms with Gasteiger partial charge in [-0.15, -0.1) is 0 Å². The van der Waals surface area contributed by atoms with Gasteiger partial charge in [0.2, 0.25) is 0 Å². The van der Waals surface area contributed by atoms with Crippen molar-refractivity contribution >= 4 is 0 Å². The van der Waals surface area contributed by atoms with Crippen LogP contribution in [0.25, 0.3) is 0 Å². The second-order valence-corrected chi connectivity index (χ2v) is 5.71. The van der Waals surface area contributed by atoms with Crippen molar-refractivity contribution in [2.45, 2.75) is 39.8 Å². The number of phenolic OH excluding ortho intramolecular Hbond substituents is 1. The van der Waals surface area contributed by atoms with Crippen molar-refractivity contribution in [3.05, 3.63) is 29.3 Å². The molecule has 0 saturated carbocycles. The highest BCUT2D eigenvalue weighted by molar-refractivity contribution is 5.37. The lowest BCUT2D eigenvalue weighted by Crippen LogP contribution is -2.52. The van der Waals surface area contributed by atoms with Crippen LogP contribution in [-0.2, 0) is 0 Å². The zero-order valence-corrected chi connectivity index (χ0v) is 12.6. The Morgan fingerprint density at radius 2 is 2.11 bits per heavy atom. The fraction of sp³-hybridized carbons (Fsp3) is 0.625. The maximum atomic E-state index is 10.1. The lowest BCUT2D eigenvalue weighted by atomic mass is 10.0. The maximum Gasteiger partial charge on any atom is 0.120 e. The summed E-state index contributed by atoms with van der Waals surface area (Å²) in [6.45, 7) is 13.2. The fourth-order valence-electron chi connectivity index (χ4n) is 3.05. The van der Waals surface area contributed by atoms with Crippen LogP contribution in [0.3, 0.4) is 0 Å². The van der Waals surface area contributed by atoms with Crippen LogP contribution in [0.5, 0.6) is 5.75 Å². The Bertz CT molecular complexity index is 433. The molecule has 2 rings (SSSR count). The number of piperazine rings is 1. The highest BCUT2D eigenvalue weighted by Crippen LogP contribution is 2.30. The van der Waals surface area contributed by atoms with Gasteiger partial charge in [0.1, 0.15) is 5.75 Å². The molecule has 1 aliphatic heterocycles. The molecule has 1 heterocycles. The molecule has 1 saturated heterocycles. The van der Waals surface area contributed by atoms with E-state index in [0.29, 0.717) is 11.8 Å². The van der Waals surface area contributed by atoms with Crippen LogP contribution in [0.4, 0.5) is 0 Å². The smallest absolute Gasteiger partial charge is 0.120 e. The highest BCUT2D eigenvalue weighted by Gasteiger charge is 2.27. The van der Waals surface area contributed by atoms with Crippen LogP contribution >= 0.6 is 0 Å². The molecule has 0 aromatic heterocycles. The predicted octanol–water partition coefficient (Wildman–Crippen LogP) is 2.79. The van der Waals surface area contributed by atoms with Crippen molar-refractivity contribution in [3.8, 4) is 5.75 Å². The molecule has 0 spiro atoms. The van der Waals surface area contributed by atoms with Gasteiger partial charge in [0.05, 0.1) is 0 Å². The van der Waals surface area contributed by atoms with E-state index >= 15 is 0 Å². The molecule has 3 nitrogen and oxygen atoms in total. The second-order valence-electron chi connectivity index (χ2n) is 5.71. The molecule has 1 aromatic carbocycles. The molecule has 0 radical (unpaired) electrons. The van der Waals surface area contributed by atoms with Crippen LogP contribution < -0.4 is 0 Å². The molecular formula is C16H26N2O. The van der Waals surface area contributed by atoms with Crippen LogP contribution in [0.2, 0.25) is 0 Å². The van der Waals surface area contributed by atoms with Crippen LogP contribution in [0, 0.1) is 6.92 Å². The Hall–Kier alpha value is -1.06. The fourth-order valence-corrected chi connectivity index (χ4v) is 3.05. The summed E-state index contributed by atoms with van der Waals surface area (Å²) in [7, 11) is 0. The van der Waals surface area contributed by atoms with Gasteiger partial charge < -0.3 is 5.11 Å². The predicted molar refractivity (Wildman–Crippen MR) is 79.5 cm³/mol. The summed E-state index contributed by atoms with van der Waals surface area (Å²) < 4.78 is 0. The Balaban J connectivity index is 2.12. The lowest BCUT2D eigenvalue weighted by Gasteiger charge is -2.42. The van der Waals surface area contributed by atoms with E-state index in [1.807, 2.05) is 12.1 Å². The molecule has 19 heavy (non-hydrogen) atoms. The first kappa shape index (κ1) is 14.4. The quantitative estimate of drug-likeness (QED) is 0.907. The Kier molecular flexibility index (Phi) is 4.48. The summed E-state index contributed by atoms with van der Waals surface area (Å²) in [5.74, 6) is 0.420. The van der Waals surface area contributed by atoms with Gasteiger partial charge in [0, 0.05) is 37.3 Å². The minimum atomic E-state index is 0.279. The minimum Gasteiger partial charge on any atom is -0.508 e. The molecule has 1 aromatic rings. The number of nitrogens with zero attached hydrogens (tertiary/aromatic N) is 2. The molecule has 2 unspecified atom stereocenters. The molecule has 0 bridgehead atoms. The molecule has 1 fully saturated rings. The molecule has 1 aliphatic rings. The van der Waals surface area contributed by atoms with E-state index < -0.39 is 0 Å². The monoisotopic (exact) mass is 262 g/mol. The van der Waals surface area contributed by atoms with Gasteiger partial charge in [-0.3, -0.25) is 9.80 Å². The van der Waals surface area contributed by atoms with Crippen molar-refractivity contribution in [3.63, 3.8) is 0 Å². The summed E-state index contributed by atoms with van der Waals surface area (Å²) in [6, 6.07) is 6.75. The van der Waals surface area contributed by atoms with Crippen molar-refractivity contribution < 1.29 is 5.11 Å². The van der Waals surface area contributed by atoms with Crippen LogP contribution in [0.1, 0.15) is 37.9 Å². The summed E-state index contributed by atoms with van der Waals surface area (Å²) in [4.78, 5) is 4.99. The average Bonchev–Trinajstić information content (AvgIpc) is 2.40. The van der Waals surface area contributed by atoms with Crippen LogP contribution in [-0.4, -0.2) is 47.1 Å². The van der Waals surface area contributed by atoms with Gasteiger partial charge in [-0.05, 0) is 33.4 Å². The number of aromatic hydroxyl groups is 1. The van der Waals surface area contributed by atoms with Gasteiger partial charge in [-0.25, -0.2) is 0 Å². The largest absolute Gasteiger partial charge is 0.508 e. The SMILES string of the molecule is CCN1CCN(C(C)c2cc(C)ccc2O)CC1C. The minimum absolute atomic E-state index is 0.279. The molecule has 0 aliphatic carbocycles.